The number of benzene rings is 11. The van der Waals surface area contributed by atoms with E-state index in [-0.39, 0.29) is 10.8 Å². The quantitative estimate of drug-likeness (QED) is 0.160. The molecule has 4 heterocycles. The highest BCUT2D eigenvalue weighted by atomic mass is 15.3. The zero-order valence-electron chi connectivity index (χ0n) is 45.9. The first-order valence-electron chi connectivity index (χ1n) is 28.5. The summed E-state index contributed by atoms with van der Waals surface area (Å²) in [5.74, 6) is 2.07. The lowest BCUT2D eigenvalue weighted by Crippen LogP contribution is -2.16. The summed E-state index contributed by atoms with van der Waals surface area (Å²) in [6.07, 6.45) is 0. The predicted octanol–water partition coefficient (Wildman–Crippen LogP) is 19.5. The minimum Gasteiger partial charge on any atom is -0.309 e. The van der Waals surface area contributed by atoms with E-state index < -0.39 is 0 Å². The molecule has 0 radical (unpaired) electrons. The molecule has 0 spiro atoms. The SMILES string of the molecule is CC1(C)c2ccccc2-c2ccc(-c3ccc4c5ccccc5n(-c5nc(N(c6ccccc6)c6ccc7c8ccccc8n(-c8ccccc8)c7c6)cc(-n6c7ccccc7c7c8c(ccc76)-c6ccccc6C8(C)C)n5)c4c3)cc21. The van der Waals surface area contributed by atoms with Crippen LogP contribution in [0.4, 0.5) is 17.2 Å². The lowest BCUT2D eigenvalue weighted by molar-refractivity contribution is 0.660. The molecule has 388 valence electrons. The van der Waals surface area contributed by atoms with Gasteiger partial charge in [0.2, 0.25) is 5.95 Å². The molecule has 11 aromatic carbocycles. The standard InChI is InChI=1S/C76H54N6/c1-75(2)61-30-16-11-25-52(61)54-38-35-47(43-63(54)75)48-36-39-57-56-28-14-19-33-65(56)82(68(57)44-48)74-77-70(46-71(78-74)81-66-34-20-15-29-60(66)72-67(81)42-41-59-53-26-12-17-31-62(53)76(3,4)73(59)72)79(49-21-7-5-8-22-49)51-37-40-58-55-27-13-18-32-64(55)80(69(58)45-51)50-23-9-6-10-24-50/h5-46H,1-4H3. The summed E-state index contributed by atoms with van der Waals surface area (Å²) in [5.41, 5.74) is 22.1. The average molecular weight is 1050 g/mol. The van der Waals surface area contributed by atoms with E-state index in [0.717, 1.165) is 78.1 Å². The first-order chi connectivity index (χ1) is 40.2. The molecule has 0 atom stereocenters. The number of fused-ring (bicyclic) bond motifs is 16. The van der Waals surface area contributed by atoms with Crippen LogP contribution in [0.15, 0.2) is 255 Å². The molecule has 2 aliphatic carbocycles. The average Bonchev–Trinajstić information content (AvgIpc) is 3.92. The third kappa shape index (κ3) is 6.52. The summed E-state index contributed by atoms with van der Waals surface area (Å²) in [4.78, 5) is 14.0. The highest BCUT2D eigenvalue weighted by Crippen LogP contribution is 2.54. The summed E-state index contributed by atoms with van der Waals surface area (Å²) < 4.78 is 7.09. The first kappa shape index (κ1) is 46.6. The highest BCUT2D eigenvalue weighted by Gasteiger charge is 2.39. The molecule has 0 unspecified atom stereocenters. The lowest BCUT2D eigenvalue weighted by Gasteiger charge is -2.26. The van der Waals surface area contributed by atoms with Gasteiger partial charge in [-0.25, -0.2) is 0 Å². The molecule has 0 bridgehead atoms. The van der Waals surface area contributed by atoms with Gasteiger partial charge in [0.1, 0.15) is 11.6 Å². The van der Waals surface area contributed by atoms with Gasteiger partial charge in [0.15, 0.2) is 0 Å². The molecule has 0 amide bonds. The molecular formula is C76H54N6. The number of hydrogen-bond acceptors (Lipinski definition) is 3. The van der Waals surface area contributed by atoms with Crippen molar-refractivity contribution in [1.29, 1.82) is 0 Å². The summed E-state index contributed by atoms with van der Waals surface area (Å²) in [6.45, 7) is 9.48. The minimum absolute atomic E-state index is 0.133. The van der Waals surface area contributed by atoms with Crippen LogP contribution >= 0.6 is 0 Å². The van der Waals surface area contributed by atoms with Crippen molar-refractivity contribution in [2.75, 3.05) is 4.90 Å². The maximum atomic E-state index is 5.87. The van der Waals surface area contributed by atoms with Gasteiger partial charge in [-0.1, -0.05) is 204 Å². The van der Waals surface area contributed by atoms with Crippen molar-refractivity contribution in [3.8, 4) is 50.8 Å². The van der Waals surface area contributed by atoms with Crippen LogP contribution in [-0.2, 0) is 10.8 Å². The van der Waals surface area contributed by atoms with Crippen molar-refractivity contribution in [2.45, 2.75) is 38.5 Å². The second-order valence-electron chi connectivity index (χ2n) is 23.4. The summed E-state index contributed by atoms with van der Waals surface area (Å²) in [5, 5.41) is 7.10. The smallest absolute Gasteiger partial charge is 0.238 e. The van der Waals surface area contributed by atoms with Crippen LogP contribution in [-0.4, -0.2) is 23.7 Å². The summed E-state index contributed by atoms with van der Waals surface area (Å²) in [7, 11) is 0. The number of rotatable bonds is 7. The van der Waals surface area contributed by atoms with Crippen LogP contribution in [0.25, 0.3) is 116 Å². The topological polar surface area (TPSA) is 43.8 Å². The van der Waals surface area contributed by atoms with Gasteiger partial charge in [0.05, 0.1) is 33.1 Å². The fourth-order valence-corrected chi connectivity index (χ4v) is 14.5. The largest absolute Gasteiger partial charge is 0.309 e. The van der Waals surface area contributed by atoms with Gasteiger partial charge in [0, 0.05) is 66.3 Å². The summed E-state index contributed by atoms with van der Waals surface area (Å²) >= 11 is 0. The van der Waals surface area contributed by atoms with Crippen LogP contribution < -0.4 is 4.90 Å². The Labute approximate surface area is 475 Å². The normalized spacial score (nSPS) is 13.8. The Hall–Kier alpha value is -10.3. The van der Waals surface area contributed by atoms with E-state index >= 15 is 0 Å². The molecule has 6 nitrogen and oxygen atoms in total. The maximum Gasteiger partial charge on any atom is 0.238 e. The van der Waals surface area contributed by atoms with Gasteiger partial charge >= 0.3 is 0 Å². The number of aromatic nitrogens is 5. The van der Waals surface area contributed by atoms with Crippen molar-refractivity contribution in [3.63, 3.8) is 0 Å². The Balaban J connectivity index is 0.953. The molecule has 17 rings (SSSR count). The molecule has 0 aliphatic heterocycles. The molecule has 15 aromatic rings. The number of nitrogens with zero attached hydrogens (tertiary/aromatic N) is 6. The van der Waals surface area contributed by atoms with E-state index in [1.807, 2.05) is 0 Å². The van der Waals surface area contributed by atoms with E-state index in [1.165, 1.54) is 71.6 Å². The zero-order chi connectivity index (χ0) is 54.6. The summed E-state index contributed by atoms with van der Waals surface area (Å²) in [6, 6.07) is 93.3. The molecule has 0 saturated heterocycles. The molecule has 2 aliphatic rings. The van der Waals surface area contributed by atoms with Gasteiger partial charge in [-0.2, -0.15) is 9.97 Å². The van der Waals surface area contributed by atoms with Crippen molar-refractivity contribution in [3.05, 3.63) is 277 Å². The van der Waals surface area contributed by atoms with Gasteiger partial charge in [0.25, 0.3) is 0 Å². The van der Waals surface area contributed by atoms with Crippen molar-refractivity contribution in [1.82, 2.24) is 23.7 Å². The number of hydrogen-bond donors (Lipinski definition) is 0. The van der Waals surface area contributed by atoms with Crippen molar-refractivity contribution in [2.24, 2.45) is 0 Å². The zero-order valence-corrected chi connectivity index (χ0v) is 45.9. The second kappa shape index (κ2) is 17.1. The molecule has 0 fully saturated rings. The predicted molar refractivity (Wildman–Crippen MR) is 340 cm³/mol. The van der Waals surface area contributed by atoms with Crippen LogP contribution in [0.2, 0.25) is 0 Å². The van der Waals surface area contributed by atoms with E-state index in [1.54, 1.807) is 0 Å². The van der Waals surface area contributed by atoms with Crippen molar-refractivity contribution >= 4 is 82.6 Å². The van der Waals surface area contributed by atoms with E-state index in [2.05, 4.69) is 301 Å². The van der Waals surface area contributed by atoms with Crippen LogP contribution in [0.1, 0.15) is 49.9 Å². The Morgan fingerprint density at radius 1 is 0.329 bits per heavy atom. The van der Waals surface area contributed by atoms with E-state index in [0.29, 0.717) is 5.95 Å². The van der Waals surface area contributed by atoms with Gasteiger partial charge in [-0.05, 0) is 128 Å². The third-order valence-electron chi connectivity index (χ3n) is 18.2. The van der Waals surface area contributed by atoms with Crippen LogP contribution in [0.5, 0.6) is 0 Å². The molecule has 0 saturated carbocycles. The van der Waals surface area contributed by atoms with Crippen LogP contribution in [0.3, 0.4) is 0 Å². The van der Waals surface area contributed by atoms with Gasteiger partial charge < -0.3 is 4.57 Å². The number of anilines is 3. The monoisotopic (exact) mass is 1050 g/mol. The fraction of sp³-hybridized carbons (Fsp3) is 0.0789. The second-order valence-corrected chi connectivity index (χ2v) is 23.4. The molecule has 82 heavy (non-hydrogen) atoms. The van der Waals surface area contributed by atoms with E-state index in [9.17, 15) is 0 Å². The Bertz CT molecular complexity index is 5170. The van der Waals surface area contributed by atoms with Crippen molar-refractivity contribution < 1.29 is 0 Å². The lowest BCUT2D eigenvalue weighted by atomic mass is 9.80. The maximum absolute atomic E-state index is 5.87. The Morgan fingerprint density at radius 2 is 0.854 bits per heavy atom. The molecule has 4 aromatic heterocycles. The number of para-hydroxylation sites is 5. The molecule has 0 N–H and O–H groups in total. The molecule has 6 heteroatoms. The van der Waals surface area contributed by atoms with Gasteiger partial charge in [-0.15, -0.1) is 0 Å². The fourth-order valence-electron chi connectivity index (χ4n) is 14.5. The Morgan fingerprint density at radius 3 is 1.59 bits per heavy atom. The molecular weight excluding hydrogens is 997 g/mol. The van der Waals surface area contributed by atoms with Gasteiger partial charge in [-0.3, -0.25) is 14.0 Å². The first-order valence-corrected chi connectivity index (χ1v) is 28.5. The third-order valence-corrected chi connectivity index (χ3v) is 18.2. The highest BCUT2D eigenvalue weighted by molar-refractivity contribution is 6.15. The Kier molecular flexibility index (Phi) is 9.72. The van der Waals surface area contributed by atoms with E-state index in [4.69, 9.17) is 9.97 Å². The van der Waals surface area contributed by atoms with Crippen LogP contribution in [0, 0.1) is 0 Å². The minimum atomic E-state index is -0.243.